The summed E-state index contributed by atoms with van der Waals surface area (Å²) in [6, 6.07) is 19.3. The minimum absolute atomic E-state index is 0.0214. The number of rotatable bonds is 6. The van der Waals surface area contributed by atoms with Crippen LogP contribution < -0.4 is 9.47 Å². The van der Waals surface area contributed by atoms with Crippen molar-refractivity contribution in [2.24, 2.45) is 5.92 Å². The van der Waals surface area contributed by atoms with E-state index in [4.69, 9.17) is 9.47 Å². The molecule has 1 atom stereocenters. The van der Waals surface area contributed by atoms with Crippen LogP contribution in [0.4, 0.5) is 13.2 Å². The summed E-state index contributed by atoms with van der Waals surface area (Å²) in [6.45, 7) is 2.74. The van der Waals surface area contributed by atoms with Gasteiger partial charge in [-0.25, -0.2) is 0 Å². The molecule has 5 nitrogen and oxygen atoms in total. The first kappa shape index (κ1) is 24.1. The van der Waals surface area contributed by atoms with Crippen LogP contribution in [-0.4, -0.2) is 47.5 Å². The van der Waals surface area contributed by atoms with E-state index in [2.05, 4.69) is 0 Å². The van der Waals surface area contributed by atoms with Crippen molar-refractivity contribution in [1.29, 1.82) is 0 Å². The maximum absolute atomic E-state index is 12.6. The number of ether oxygens (including phenoxy) is 2. The van der Waals surface area contributed by atoms with Gasteiger partial charge in [0.1, 0.15) is 35.7 Å². The van der Waals surface area contributed by atoms with Gasteiger partial charge in [-0.3, -0.25) is 4.90 Å². The highest BCUT2D eigenvalue weighted by Gasteiger charge is 2.46. The molecule has 0 bridgehead atoms. The summed E-state index contributed by atoms with van der Waals surface area (Å²) < 4.78 is 50.0. The van der Waals surface area contributed by atoms with E-state index in [0.29, 0.717) is 24.7 Å². The first-order valence-electron chi connectivity index (χ1n) is 11.7. The Hall–Kier alpha value is -3.65. The van der Waals surface area contributed by atoms with Gasteiger partial charge < -0.3 is 19.7 Å². The third kappa shape index (κ3) is 4.86. The van der Waals surface area contributed by atoms with Gasteiger partial charge in [-0.1, -0.05) is 24.3 Å². The molecule has 3 aromatic rings. The molecule has 0 radical (unpaired) electrons. The number of phenolic OH excluding ortho intramolecular Hbond substituents is 2. The molecule has 0 aliphatic carbocycles. The largest absolute Gasteiger partial charge is 0.508 e. The zero-order valence-electron chi connectivity index (χ0n) is 19.6. The smallest absolute Gasteiger partial charge is 0.394 e. The summed E-state index contributed by atoms with van der Waals surface area (Å²) in [4.78, 5) is 1.73. The number of aromatic hydroxyl groups is 2. The van der Waals surface area contributed by atoms with E-state index >= 15 is 0 Å². The molecule has 0 amide bonds. The van der Waals surface area contributed by atoms with Crippen molar-refractivity contribution >= 4 is 11.1 Å². The molecule has 1 fully saturated rings. The van der Waals surface area contributed by atoms with E-state index in [-0.39, 0.29) is 24.6 Å². The van der Waals surface area contributed by atoms with E-state index in [1.807, 2.05) is 37.3 Å². The lowest BCUT2D eigenvalue weighted by Gasteiger charge is -2.39. The first-order chi connectivity index (χ1) is 17.2. The molecule has 2 heterocycles. The van der Waals surface area contributed by atoms with Crippen LogP contribution in [0.1, 0.15) is 29.7 Å². The summed E-state index contributed by atoms with van der Waals surface area (Å²) in [6.07, 6.45) is -4.59. The Morgan fingerprint density at radius 3 is 2.39 bits per heavy atom. The summed E-state index contributed by atoms with van der Waals surface area (Å²) in [5.74, 6) is 0.303. The molecule has 2 aliphatic heterocycles. The minimum atomic E-state index is -4.13. The highest BCUT2D eigenvalue weighted by Crippen LogP contribution is 2.47. The number of nitrogens with zero attached hydrogens (tertiary/aromatic N) is 1. The SMILES string of the molecule is CC1=C(c2cccc(O)c2)C(c2ccc(OCCN3CC(C(F)(F)F)C3)cc2)Oc2ccc(O)cc21. The molecule has 36 heavy (non-hydrogen) atoms. The molecule has 5 rings (SSSR count). The highest BCUT2D eigenvalue weighted by atomic mass is 19.4. The van der Waals surface area contributed by atoms with E-state index in [1.165, 1.54) is 0 Å². The van der Waals surface area contributed by atoms with E-state index in [0.717, 1.165) is 27.8 Å². The lowest BCUT2D eigenvalue weighted by molar-refractivity contribution is -0.209. The predicted molar refractivity (Wildman–Crippen MR) is 130 cm³/mol. The van der Waals surface area contributed by atoms with Gasteiger partial charge in [-0.2, -0.15) is 13.2 Å². The normalized spacial score (nSPS) is 18.4. The van der Waals surface area contributed by atoms with Crippen LogP contribution in [0, 0.1) is 5.92 Å². The van der Waals surface area contributed by atoms with Crippen molar-refractivity contribution in [1.82, 2.24) is 4.90 Å². The maximum Gasteiger partial charge on any atom is 0.394 e. The minimum Gasteiger partial charge on any atom is -0.508 e. The molecule has 2 N–H and O–H groups in total. The number of fused-ring (bicyclic) bond motifs is 1. The second kappa shape index (κ2) is 9.43. The number of likely N-dealkylation sites (tertiary alicyclic amines) is 1. The fourth-order valence-corrected chi connectivity index (χ4v) is 4.71. The molecule has 3 aromatic carbocycles. The third-order valence-electron chi connectivity index (χ3n) is 6.71. The molecule has 1 saturated heterocycles. The Labute approximate surface area is 207 Å². The Morgan fingerprint density at radius 1 is 0.972 bits per heavy atom. The summed E-state index contributed by atoms with van der Waals surface area (Å²) in [5, 5.41) is 20.1. The van der Waals surface area contributed by atoms with Gasteiger partial charge >= 0.3 is 6.18 Å². The molecule has 0 aromatic heterocycles. The monoisotopic (exact) mass is 497 g/mol. The summed E-state index contributed by atoms with van der Waals surface area (Å²) >= 11 is 0. The first-order valence-corrected chi connectivity index (χ1v) is 11.7. The second-order valence-corrected chi connectivity index (χ2v) is 9.18. The highest BCUT2D eigenvalue weighted by molar-refractivity contribution is 5.95. The second-order valence-electron chi connectivity index (χ2n) is 9.18. The number of benzene rings is 3. The van der Waals surface area contributed by atoms with Crippen molar-refractivity contribution in [3.8, 4) is 23.0 Å². The molecule has 188 valence electrons. The molecule has 2 aliphatic rings. The van der Waals surface area contributed by atoms with Crippen LogP contribution in [-0.2, 0) is 0 Å². The maximum atomic E-state index is 12.6. The van der Waals surface area contributed by atoms with Crippen LogP contribution in [0.15, 0.2) is 66.7 Å². The summed E-state index contributed by atoms with van der Waals surface area (Å²) in [5.41, 5.74) is 4.25. The van der Waals surface area contributed by atoms with Gasteiger partial charge in [-0.05, 0) is 66.1 Å². The van der Waals surface area contributed by atoms with Crippen molar-refractivity contribution in [3.05, 3.63) is 83.4 Å². The van der Waals surface area contributed by atoms with Crippen LogP contribution >= 0.6 is 0 Å². The Morgan fingerprint density at radius 2 is 1.69 bits per heavy atom. The van der Waals surface area contributed by atoms with Gasteiger partial charge in [0.05, 0.1) is 5.92 Å². The standard InChI is InChI=1S/C28H26F3NO4/c1-17-24-14-22(34)7-10-25(24)36-27(26(17)19-3-2-4-21(33)13-19)18-5-8-23(9-6-18)35-12-11-32-15-20(16-32)28(29,30)31/h2-10,13-14,20,27,33-34H,11-12,15-16H2,1H3. The number of allylic oxidation sites excluding steroid dienone is 1. The molecule has 1 unspecified atom stereocenters. The van der Waals surface area contributed by atoms with Crippen LogP contribution in [0.5, 0.6) is 23.0 Å². The lowest BCUT2D eigenvalue weighted by Crippen LogP contribution is -2.54. The molecular formula is C28H26F3NO4. The fraction of sp³-hybridized carbons (Fsp3) is 0.286. The lowest BCUT2D eigenvalue weighted by atomic mass is 9.86. The average molecular weight is 498 g/mol. The van der Waals surface area contributed by atoms with Gasteiger partial charge in [-0.15, -0.1) is 0 Å². The zero-order valence-corrected chi connectivity index (χ0v) is 19.6. The number of hydrogen-bond acceptors (Lipinski definition) is 5. The van der Waals surface area contributed by atoms with Crippen LogP contribution in [0.3, 0.4) is 0 Å². The number of alkyl halides is 3. The van der Waals surface area contributed by atoms with Gasteiger partial charge in [0.25, 0.3) is 0 Å². The van der Waals surface area contributed by atoms with E-state index < -0.39 is 18.2 Å². The number of halogens is 3. The van der Waals surface area contributed by atoms with Gasteiger partial charge in [0, 0.05) is 30.8 Å². The zero-order chi connectivity index (χ0) is 25.4. The Balaban J connectivity index is 1.33. The fourth-order valence-electron chi connectivity index (χ4n) is 4.71. The molecular weight excluding hydrogens is 471 g/mol. The Kier molecular flexibility index (Phi) is 6.30. The predicted octanol–water partition coefficient (Wildman–Crippen LogP) is 6.04. The number of hydrogen-bond donors (Lipinski definition) is 2. The third-order valence-corrected chi connectivity index (χ3v) is 6.71. The van der Waals surface area contributed by atoms with E-state index in [1.54, 1.807) is 41.3 Å². The Bertz CT molecular complexity index is 1280. The van der Waals surface area contributed by atoms with Gasteiger partial charge in [0.15, 0.2) is 0 Å². The van der Waals surface area contributed by atoms with Crippen molar-refractivity contribution < 1.29 is 32.9 Å². The molecule has 8 heteroatoms. The molecule has 0 spiro atoms. The van der Waals surface area contributed by atoms with Crippen molar-refractivity contribution in [3.63, 3.8) is 0 Å². The van der Waals surface area contributed by atoms with Crippen LogP contribution in [0.2, 0.25) is 0 Å². The topological polar surface area (TPSA) is 62.2 Å². The van der Waals surface area contributed by atoms with Crippen LogP contribution in [0.25, 0.3) is 11.1 Å². The summed E-state index contributed by atoms with van der Waals surface area (Å²) in [7, 11) is 0. The number of phenols is 2. The average Bonchev–Trinajstić information content (AvgIpc) is 2.80. The van der Waals surface area contributed by atoms with Gasteiger partial charge in [0.2, 0.25) is 0 Å². The van der Waals surface area contributed by atoms with Crippen molar-refractivity contribution in [2.45, 2.75) is 19.2 Å². The van der Waals surface area contributed by atoms with Crippen molar-refractivity contribution in [2.75, 3.05) is 26.2 Å². The van der Waals surface area contributed by atoms with E-state index in [9.17, 15) is 23.4 Å². The quantitative estimate of drug-likeness (QED) is 0.435. The molecule has 0 saturated carbocycles.